The van der Waals surface area contributed by atoms with Gasteiger partial charge < -0.3 is 5.73 Å². The highest BCUT2D eigenvalue weighted by atomic mass is 32.2. The lowest BCUT2D eigenvalue weighted by Gasteiger charge is -2.02. The Morgan fingerprint density at radius 1 is 1.45 bits per heavy atom. The third kappa shape index (κ3) is 3.94. The van der Waals surface area contributed by atoms with Crippen LogP contribution in [-0.2, 0) is 0 Å². The van der Waals surface area contributed by atoms with E-state index in [1.165, 1.54) is 0 Å². The normalized spacial score (nSPS) is 12.1. The quantitative estimate of drug-likeness (QED) is 0.640. The van der Waals surface area contributed by atoms with Gasteiger partial charge in [-0.25, -0.2) is 0 Å². The molecule has 0 saturated heterocycles. The summed E-state index contributed by atoms with van der Waals surface area (Å²) in [5.41, 5.74) is 6.36. The van der Waals surface area contributed by atoms with Gasteiger partial charge in [-0.3, -0.25) is 0 Å². The Morgan fingerprint density at radius 3 is 2.45 bits per heavy atom. The van der Waals surface area contributed by atoms with Crippen LogP contribution in [0.4, 0.5) is 0 Å². The van der Waals surface area contributed by atoms with E-state index in [0.717, 1.165) is 22.8 Å². The molecule has 0 aromatic heterocycles. The highest BCUT2D eigenvalue weighted by molar-refractivity contribution is 8.03. The van der Waals surface area contributed by atoms with Gasteiger partial charge in [0, 0.05) is 10.6 Å². The average molecular weight is 169 g/mol. The first-order valence-electron chi connectivity index (χ1n) is 3.63. The molecule has 0 heterocycles. The molecule has 0 spiro atoms. The summed E-state index contributed by atoms with van der Waals surface area (Å²) in [6.07, 6.45) is 4.57. The standard InChI is InChI=1S/C9H15NS/c1-4-7-11-9(6-3)8(10)5-2/h5-6H,2-4,7,10H2,1H3/b9-8-. The van der Waals surface area contributed by atoms with Crippen molar-refractivity contribution in [2.24, 2.45) is 5.73 Å². The molecule has 0 bridgehead atoms. The smallest absolute Gasteiger partial charge is 0.0446 e. The van der Waals surface area contributed by atoms with Crippen LogP contribution in [0.5, 0.6) is 0 Å². The van der Waals surface area contributed by atoms with Gasteiger partial charge in [-0.15, -0.1) is 11.8 Å². The van der Waals surface area contributed by atoms with E-state index in [2.05, 4.69) is 20.1 Å². The molecule has 0 saturated carbocycles. The summed E-state index contributed by atoms with van der Waals surface area (Å²) in [5, 5.41) is 0. The Labute approximate surface area is 73.1 Å². The molecule has 2 heteroatoms. The monoisotopic (exact) mass is 169 g/mol. The van der Waals surface area contributed by atoms with Crippen LogP contribution >= 0.6 is 11.8 Å². The van der Waals surface area contributed by atoms with Crippen molar-refractivity contribution < 1.29 is 0 Å². The van der Waals surface area contributed by atoms with E-state index < -0.39 is 0 Å². The molecular formula is C9H15NS. The van der Waals surface area contributed by atoms with Crippen LogP contribution in [0.3, 0.4) is 0 Å². The molecule has 0 rings (SSSR count). The number of hydrogen-bond donors (Lipinski definition) is 1. The Hall–Kier alpha value is -0.630. The minimum absolute atomic E-state index is 0.721. The second-order valence-electron chi connectivity index (χ2n) is 2.08. The zero-order valence-corrected chi connectivity index (χ0v) is 7.79. The van der Waals surface area contributed by atoms with Gasteiger partial charge in [0.05, 0.1) is 0 Å². The van der Waals surface area contributed by atoms with Gasteiger partial charge in [0.2, 0.25) is 0 Å². The molecule has 11 heavy (non-hydrogen) atoms. The van der Waals surface area contributed by atoms with Crippen molar-refractivity contribution in [3.8, 4) is 0 Å². The van der Waals surface area contributed by atoms with E-state index >= 15 is 0 Å². The summed E-state index contributed by atoms with van der Waals surface area (Å²) < 4.78 is 0. The molecule has 0 radical (unpaired) electrons. The van der Waals surface area contributed by atoms with Gasteiger partial charge in [-0.05, 0) is 18.2 Å². The summed E-state index contributed by atoms with van der Waals surface area (Å²) in [5.74, 6) is 1.08. The molecule has 0 atom stereocenters. The van der Waals surface area contributed by atoms with Crippen LogP contribution in [0, 0.1) is 0 Å². The third-order valence-corrected chi connectivity index (χ3v) is 2.48. The van der Waals surface area contributed by atoms with E-state index in [1.54, 1.807) is 23.9 Å². The maximum atomic E-state index is 5.64. The number of nitrogens with two attached hydrogens (primary N) is 1. The van der Waals surface area contributed by atoms with E-state index in [-0.39, 0.29) is 0 Å². The van der Waals surface area contributed by atoms with Gasteiger partial charge in [0.15, 0.2) is 0 Å². The topological polar surface area (TPSA) is 26.0 Å². The van der Waals surface area contributed by atoms with Gasteiger partial charge in [0.25, 0.3) is 0 Å². The second-order valence-corrected chi connectivity index (χ2v) is 3.21. The lowest BCUT2D eigenvalue weighted by molar-refractivity contribution is 1.11. The van der Waals surface area contributed by atoms with Crippen molar-refractivity contribution in [1.82, 2.24) is 0 Å². The van der Waals surface area contributed by atoms with Gasteiger partial charge in [0.1, 0.15) is 0 Å². The molecule has 0 aromatic rings. The molecule has 1 nitrogen and oxygen atoms in total. The lowest BCUT2D eigenvalue weighted by Crippen LogP contribution is -1.95. The largest absolute Gasteiger partial charge is 0.398 e. The van der Waals surface area contributed by atoms with E-state index in [0.29, 0.717) is 0 Å². The van der Waals surface area contributed by atoms with Crippen molar-refractivity contribution in [1.29, 1.82) is 0 Å². The number of thioether (sulfide) groups is 1. The van der Waals surface area contributed by atoms with E-state index in [9.17, 15) is 0 Å². The second kappa shape index (κ2) is 6.10. The van der Waals surface area contributed by atoms with Crippen molar-refractivity contribution in [2.75, 3.05) is 5.75 Å². The Morgan fingerprint density at radius 2 is 2.09 bits per heavy atom. The predicted octanol–water partition coefficient (Wildman–Crippen LogP) is 2.67. The molecular weight excluding hydrogens is 154 g/mol. The maximum Gasteiger partial charge on any atom is 0.0446 e. The summed E-state index contributed by atoms with van der Waals surface area (Å²) in [6.45, 7) is 9.41. The molecule has 62 valence electrons. The lowest BCUT2D eigenvalue weighted by atomic mass is 10.4. The zero-order chi connectivity index (χ0) is 8.69. The molecule has 0 aliphatic heterocycles. The first-order valence-corrected chi connectivity index (χ1v) is 4.62. The highest BCUT2D eigenvalue weighted by Gasteiger charge is 1.95. The number of allylic oxidation sites excluding steroid dienone is 2. The Kier molecular flexibility index (Phi) is 5.75. The van der Waals surface area contributed by atoms with Crippen LogP contribution in [0.1, 0.15) is 13.3 Å². The van der Waals surface area contributed by atoms with Crippen LogP contribution in [-0.4, -0.2) is 5.75 Å². The Balaban J connectivity index is 4.14. The maximum absolute atomic E-state index is 5.64. The molecule has 0 fully saturated rings. The first kappa shape index (κ1) is 10.4. The number of rotatable bonds is 5. The number of hydrogen-bond acceptors (Lipinski definition) is 2. The molecule has 0 aromatic carbocycles. The first-order chi connectivity index (χ1) is 5.26. The van der Waals surface area contributed by atoms with Crippen molar-refractivity contribution in [3.05, 3.63) is 35.9 Å². The van der Waals surface area contributed by atoms with E-state index in [4.69, 9.17) is 5.73 Å². The molecule has 2 N–H and O–H groups in total. The fourth-order valence-electron chi connectivity index (χ4n) is 0.573. The summed E-state index contributed by atoms with van der Waals surface area (Å²) in [4.78, 5) is 1.03. The fourth-order valence-corrected chi connectivity index (χ4v) is 1.36. The fraction of sp³-hybridized carbons (Fsp3) is 0.333. The molecule has 0 unspecified atom stereocenters. The van der Waals surface area contributed by atoms with Gasteiger partial charge in [-0.2, -0.15) is 0 Å². The van der Waals surface area contributed by atoms with Crippen LogP contribution < -0.4 is 5.73 Å². The minimum atomic E-state index is 0.721. The average Bonchev–Trinajstić information content (AvgIpc) is 2.05. The van der Waals surface area contributed by atoms with E-state index in [1.807, 2.05) is 0 Å². The minimum Gasteiger partial charge on any atom is -0.398 e. The third-order valence-electron chi connectivity index (χ3n) is 1.15. The summed E-state index contributed by atoms with van der Waals surface area (Å²) in [7, 11) is 0. The molecule has 0 aliphatic rings. The van der Waals surface area contributed by atoms with Crippen LogP contribution in [0.2, 0.25) is 0 Å². The van der Waals surface area contributed by atoms with Crippen LogP contribution in [0.25, 0.3) is 0 Å². The van der Waals surface area contributed by atoms with Crippen molar-refractivity contribution in [3.63, 3.8) is 0 Å². The van der Waals surface area contributed by atoms with Crippen molar-refractivity contribution >= 4 is 11.8 Å². The Bertz CT molecular complexity index is 170. The zero-order valence-electron chi connectivity index (χ0n) is 6.97. The van der Waals surface area contributed by atoms with Crippen LogP contribution in [0.15, 0.2) is 35.9 Å². The van der Waals surface area contributed by atoms with Gasteiger partial charge >= 0.3 is 0 Å². The summed E-state index contributed by atoms with van der Waals surface area (Å²) in [6, 6.07) is 0. The molecule has 0 amide bonds. The highest BCUT2D eigenvalue weighted by Crippen LogP contribution is 2.19. The van der Waals surface area contributed by atoms with Crippen molar-refractivity contribution in [2.45, 2.75) is 13.3 Å². The summed E-state index contributed by atoms with van der Waals surface area (Å²) >= 11 is 1.72. The SMILES string of the molecule is C=C/C(N)=C(\C=C)SCCC. The van der Waals surface area contributed by atoms with Gasteiger partial charge in [-0.1, -0.05) is 26.2 Å². The predicted molar refractivity (Wildman–Crippen MR) is 54.4 cm³/mol. The molecule has 0 aliphatic carbocycles.